The van der Waals surface area contributed by atoms with Crippen molar-refractivity contribution < 1.29 is 28.8 Å². The van der Waals surface area contributed by atoms with Gasteiger partial charge in [0.25, 0.3) is 11.6 Å². The van der Waals surface area contributed by atoms with Gasteiger partial charge in [-0.25, -0.2) is 9.59 Å². The lowest BCUT2D eigenvalue weighted by Gasteiger charge is -2.13. The number of esters is 2. The summed E-state index contributed by atoms with van der Waals surface area (Å²) in [6, 6.07) is 5.23. The Bertz CT molecular complexity index is 977. The zero-order valence-corrected chi connectivity index (χ0v) is 17.3. The predicted molar refractivity (Wildman–Crippen MR) is 107 cm³/mol. The summed E-state index contributed by atoms with van der Waals surface area (Å²) in [6.45, 7) is 8.03. The lowest BCUT2D eigenvalue weighted by atomic mass is 10.1. The van der Waals surface area contributed by atoms with E-state index in [1.165, 1.54) is 31.2 Å². The van der Waals surface area contributed by atoms with Gasteiger partial charge in [0.2, 0.25) is 0 Å². The van der Waals surface area contributed by atoms with Gasteiger partial charge in [-0.2, -0.15) is 0 Å². The molecule has 1 heterocycles. The molecule has 0 aliphatic heterocycles. The highest BCUT2D eigenvalue weighted by atomic mass is 16.6. The molecule has 0 fully saturated rings. The first kappa shape index (κ1) is 22.6. The van der Waals surface area contributed by atoms with Gasteiger partial charge in [-0.15, -0.1) is 0 Å². The normalized spacial score (nSPS) is 11.7. The first-order valence-electron chi connectivity index (χ1n) is 9.17. The molecule has 1 atom stereocenters. The van der Waals surface area contributed by atoms with E-state index in [1.54, 1.807) is 27.7 Å². The highest BCUT2D eigenvalue weighted by molar-refractivity contribution is 6.00. The number of nitrogens with zero attached hydrogens (tertiary/aromatic N) is 1. The molecule has 0 aliphatic carbocycles. The van der Waals surface area contributed by atoms with E-state index >= 15 is 0 Å². The van der Waals surface area contributed by atoms with Crippen LogP contribution in [0.3, 0.4) is 0 Å². The number of carbonyl (C=O) groups excluding carboxylic acids is 3. The Hall–Kier alpha value is -3.69. The minimum absolute atomic E-state index is 0.0539. The van der Waals surface area contributed by atoms with Gasteiger partial charge >= 0.3 is 11.9 Å². The van der Waals surface area contributed by atoms with Crippen LogP contribution in [0, 0.1) is 24.0 Å². The van der Waals surface area contributed by atoms with E-state index < -0.39 is 28.9 Å². The molecule has 0 aliphatic rings. The molecule has 0 saturated heterocycles. The van der Waals surface area contributed by atoms with Crippen LogP contribution in [-0.4, -0.2) is 40.0 Å². The summed E-state index contributed by atoms with van der Waals surface area (Å²) in [6.07, 6.45) is -1.47. The summed E-state index contributed by atoms with van der Waals surface area (Å²) in [5.74, 6) is -1.97. The second kappa shape index (κ2) is 9.21. The number of hydrogen-bond acceptors (Lipinski definition) is 7. The molecule has 2 N–H and O–H groups in total. The minimum atomic E-state index is -1.15. The fraction of sp³-hybridized carbons (Fsp3) is 0.350. The molecule has 0 spiro atoms. The van der Waals surface area contributed by atoms with Crippen molar-refractivity contribution in [1.82, 2.24) is 4.98 Å². The first-order chi connectivity index (χ1) is 14.0. The molecule has 1 unspecified atom stereocenters. The third kappa shape index (κ3) is 5.22. The van der Waals surface area contributed by atoms with E-state index in [0.717, 1.165) is 0 Å². The zero-order valence-electron chi connectivity index (χ0n) is 17.3. The molecule has 30 heavy (non-hydrogen) atoms. The number of nitro benzene ring substituents is 1. The molecule has 1 aromatic heterocycles. The molecule has 10 nitrogen and oxygen atoms in total. The lowest BCUT2D eigenvalue weighted by molar-refractivity contribution is -0.384. The molecule has 0 radical (unpaired) electrons. The number of nitrogens with one attached hydrogen (secondary N) is 2. The van der Waals surface area contributed by atoms with Gasteiger partial charge < -0.3 is 19.8 Å². The Morgan fingerprint density at radius 3 is 2.17 bits per heavy atom. The average Bonchev–Trinajstić information content (AvgIpc) is 2.95. The van der Waals surface area contributed by atoms with Crippen molar-refractivity contribution >= 4 is 29.2 Å². The monoisotopic (exact) mass is 417 g/mol. The van der Waals surface area contributed by atoms with Gasteiger partial charge in [-0.3, -0.25) is 14.9 Å². The number of hydrogen-bond donors (Lipinski definition) is 2. The Labute approximate surface area is 172 Å². The van der Waals surface area contributed by atoms with Crippen molar-refractivity contribution in [3.63, 3.8) is 0 Å². The minimum Gasteiger partial charge on any atom is -0.459 e. The van der Waals surface area contributed by atoms with E-state index in [2.05, 4.69) is 10.3 Å². The van der Waals surface area contributed by atoms with Gasteiger partial charge in [-0.05, 0) is 52.3 Å². The standard InChI is InChI=1S/C20H23N3O7/c1-10(2)29-19(25)16-11(3)17(21-12(16)4)20(26)30-13(5)18(24)22-14-6-8-15(9-7-14)23(27)28/h6-10,13,21H,1-5H3,(H,22,24). The molecular weight excluding hydrogens is 394 g/mol. The van der Waals surface area contributed by atoms with Gasteiger partial charge in [0, 0.05) is 23.5 Å². The fourth-order valence-electron chi connectivity index (χ4n) is 2.72. The number of rotatable bonds is 7. The maximum atomic E-state index is 12.5. The molecule has 1 aromatic carbocycles. The van der Waals surface area contributed by atoms with Crippen molar-refractivity contribution in [1.29, 1.82) is 0 Å². The Morgan fingerprint density at radius 2 is 1.63 bits per heavy atom. The molecule has 0 bridgehead atoms. The molecular formula is C20H23N3O7. The summed E-state index contributed by atoms with van der Waals surface area (Å²) in [4.78, 5) is 49.9. The number of anilines is 1. The number of benzene rings is 1. The van der Waals surface area contributed by atoms with Crippen LogP contribution in [0.1, 0.15) is 52.9 Å². The van der Waals surface area contributed by atoms with Crippen molar-refractivity contribution in [2.75, 3.05) is 5.32 Å². The van der Waals surface area contributed by atoms with E-state index in [0.29, 0.717) is 16.9 Å². The summed E-state index contributed by atoms with van der Waals surface area (Å²) in [5.41, 5.74) is 1.33. The topological polar surface area (TPSA) is 141 Å². The van der Waals surface area contributed by atoms with Crippen LogP contribution in [0.25, 0.3) is 0 Å². The number of H-pyrrole nitrogens is 1. The van der Waals surface area contributed by atoms with E-state index in [-0.39, 0.29) is 23.0 Å². The average molecular weight is 417 g/mol. The van der Waals surface area contributed by atoms with Crippen LogP contribution in [0.5, 0.6) is 0 Å². The maximum Gasteiger partial charge on any atom is 0.355 e. The van der Waals surface area contributed by atoms with Gasteiger partial charge in [0.1, 0.15) is 5.69 Å². The Morgan fingerprint density at radius 1 is 1.03 bits per heavy atom. The van der Waals surface area contributed by atoms with E-state index in [1.807, 2.05) is 0 Å². The number of aromatic amines is 1. The van der Waals surface area contributed by atoms with Crippen LogP contribution in [0.2, 0.25) is 0 Å². The number of aromatic nitrogens is 1. The molecule has 1 amide bonds. The van der Waals surface area contributed by atoms with E-state index in [9.17, 15) is 24.5 Å². The third-order valence-electron chi connectivity index (χ3n) is 4.19. The molecule has 10 heteroatoms. The van der Waals surface area contributed by atoms with Gasteiger partial charge in [0.15, 0.2) is 6.10 Å². The Balaban J connectivity index is 2.07. The van der Waals surface area contributed by atoms with Gasteiger partial charge in [-0.1, -0.05) is 0 Å². The number of aryl methyl sites for hydroxylation is 1. The molecule has 160 valence electrons. The predicted octanol–water partition coefficient (Wildman–Crippen LogP) is 3.29. The highest BCUT2D eigenvalue weighted by Gasteiger charge is 2.27. The third-order valence-corrected chi connectivity index (χ3v) is 4.19. The lowest BCUT2D eigenvalue weighted by Crippen LogP contribution is -2.30. The maximum absolute atomic E-state index is 12.5. The fourth-order valence-corrected chi connectivity index (χ4v) is 2.72. The summed E-state index contributed by atoms with van der Waals surface area (Å²) in [5, 5.41) is 13.2. The van der Waals surface area contributed by atoms with Crippen LogP contribution in [-0.2, 0) is 14.3 Å². The van der Waals surface area contributed by atoms with Crippen molar-refractivity contribution in [2.24, 2.45) is 0 Å². The number of amides is 1. The molecule has 2 aromatic rings. The second-order valence-corrected chi connectivity index (χ2v) is 6.92. The zero-order chi connectivity index (χ0) is 22.6. The quantitative estimate of drug-likeness (QED) is 0.400. The number of ether oxygens (including phenoxy) is 2. The van der Waals surface area contributed by atoms with Gasteiger partial charge in [0.05, 0.1) is 16.6 Å². The second-order valence-electron chi connectivity index (χ2n) is 6.92. The van der Waals surface area contributed by atoms with E-state index in [4.69, 9.17) is 9.47 Å². The van der Waals surface area contributed by atoms with Crippen LogP contribution in [0.15, 0.2) is 24.3 Å². The Kier molecular flexibility index (Phi) is 6.93. The largest absolute Gasteiger partial charge is 0.459 e. The van der Waals surface area contributed by atoms with Crippen LogP contribution >= 0.6 is 0 Å². The van der Waals surface area contributed by atoms with Crippen LogP contribution < -0.4 is 5.32 Å². The first-order valence-corrected chi connectivity index (χ1v) is 9.17. The van der Waals surface area contributed by atoms with Crippen LogP contribution in [0.4, 0.5) is 11.4 Å². The highest BCUT2D eigenvalue weighted by Crippen LogP contribution is 2.21. The number of non-ortho nitro benzene ring substituents is 1. The molecule has 0 saturated carbocycles. The van der Waals surface area contributed by atoms with Crippen molar-refractivity contribution in [2.45, 2.75) is 46.8 Å². The smallest absolute Gasteiger partial charge is 0.355 e. The van der Waals surface area contributed by atoms with Crippen molar-refractivity contribution in [3.05, 3.63) is 56.9 Å². The summed E-state index contributed by atoms with van der Waals surface area (Å²) in [7, 11) is 0. The summed E-state index contributed by atoms with van der Waals surface area (Å²) >= 11 is 0. The number of carbonyl (C=O) groups is 3. The SMILES string of the molecule is Cc1[nH]c(C(=O)OC(C)C(=O)Nc2ccc([N+](=O)[O-])cc2)c(C)c1C(=O)OC(C)C. The summed E-state index contributed by atoms with van der Waals surface area (Å²) < 4.78 is 10.4. The molecule has 2 rings (SSSR count). The number of nitro groups is 1. The van der Waals surface area contributed by atoms with Crippen molar-refractivity contribution in [3.8, 4) is 0 Å².